The van der Waals surface area contributed by atoms with Gasteiger partial charge < -0.3 is 0 Å². The standard InChI is InChI=1S/C16H14Cl3F/c17-10-12(7-11-3-1-4-13(18)8-11)9-14-15(19)5-2-6-16(14)20/h1-6,8,12H,7,9-10H2. The SMILES string of the molecule is Fc1cccc(Cl)c1CC(CCl)Cc1cccc(Cl)c1. The minimum absolute atomic E-state index is 0.115. The van der Waals surface area contributed by atoms with E-state index in [0.717, 1.165) is 12.0 Å². The molecular weight excluding hydrogens is 318 g/mol. The molecule has 0 aliphatic heterocycles. The maximum atomic E-state index is 13.8. The van der Waals surface area contributed by atoms with E-state index in [1.165, 1.54) is 6.07 Å². The first kappa shape index (κ1) is 15.6. The zero-order chi connectivity index (χ0) is 14.5. The van der Waals surface area contributed by atoms with Crippen molar-refractivity contribution < 1.29 is 4.39 Å². The first-order valence-electron chi connectivity index (χ1n) is 6.33. The molecule has 1 unspecified atom stereocenters. The van der Waals surface area contributed by atoms with Gasteiger partial charge in [0.05, 0.1) is 0 Å². The van der Waals surface area contributed by atoms with Crippen molar-refractivity contribution in [2.75, 3.05) is 5.88 Å². The lowest BCUT2D eigenvalue weighted by Crippen LogP contribution is -2.11. The molecule has 2 aromatic rings. The molecule has 0 aromatic heterocycles. The van der Waals surface area contributed by atoms with Gasteiger partial charge >= 0.3 is 0 Å². The molecule has 0 spiro atoms. The second kappa shape index (κ2) is 7.31. The van der Waals surface area contributed by atoms with Gasteiger partial charge in [0.25, 0.3) is 0 Å². The van der Waals surface area contributed by atoms with Gasteiger partial charge in [0, 0.05) is 21.5 Å². The largest absolute Gasteiger partial charge is 0.207 e. The fourth-order valence-corrected chi connectivity index (χ4v) is 2.87. The number of hydrogen-bond donors (Lipinski definition) is 0. The van der Waals surface area contributed by atoms with Gasteiger partial charge in [-0.25, -0.2) is 4.39 Å². The van der Waals surface area contributed by atoms with Gasteiger partial charge in [-0.1, -0.05) is 41.4 Å². The third kappa shape index (κ3) is 4.12. The van der Waals surface area contributed by atoms with Crippen LogP contribution in [0.2, 0.25) is 10.0 Å². The summed E-state index contributed by atoms with van der Waals surface area (Å²) in [6.07, 6.45) is 1.26. The first-order chi connectivity index (χ1) is 9.60. The normalized spacial score (nSPS) is 12.4. The van der Waals surface area contributed by atoms with Gasteiger partial charge in [0.2, 0.25) is 0 Å². The Hall–Kier alpha value is -0.760. The van der Waals surface area contributed by atoms with Crippen molar-refractivity contribution in [3.05, 3.63) is 69.5 Å². The second-order valence-corrected chi connectivity index (χ2v) is 5.91. The van der Waals surface area contributed by atoms with Gasteiger partial charge in [-0.05, 0) is 48.6 Å². The van der Waals surface area contributed by atoms with E-state index < -0.39 is 0 Å². The van der Waals surface area contributed by atoms with E-state index in [1.807, 2.05) is 24.3 Å². The van der Waals surface area contributed by atoms with Crippen molar-refractivity contribution in [1.29, 1.82) is 0 Å². The zero-order valence-electron chi connectivity index (χ0n) is 10.8. The van der Waals surface area contributed by atoms with Crippen molar-refractivity contribution in [1.82, 2.24) is 0 Å². The van der Waals surface area contributed by atoms with Crippen LogP contribution < -0.4 is 0 Å². The molecular formula is C16H14Cl3F. The summed E-state index contributed by atoms with van der Waals surface area (Å²) in [7, 11) is 0. The van der Waals surface area contributed by atoms with E-state index in [4.69, 9.17) is 34.8 Å². The molecule has 20 heavy (non-hydrogen) atoms. The summed E-state index contributed by atoms with van der Waals surface area (Å²) < 4.78 is 13.8. The molecule has 2 aromatic carbocycles. The molecule has 0 fully saturated rings. The summed E-state index contributed by atoms with van der Waals surface area (Å²) in [4.78, 5) is 0. The van der Waals surface area contributed by atoms with Crippen molar-refractivity contribution in [2.45, 2.75) is 12.8 Å². The molecule has 1 atom stereocenters. The summed E-state index contributed by atoms with van der Waals surface area (Å²) in [5.74, 6) is 0.278. The Bertz CT molecular complexity index is 563. The van der Waals surface area contributed by atoms with Crippen molar-refractivity contribution >= 4 is 34.8 Å². The Morgan fingerprint density at radius 3 is 2.40 bits per heavy atom. The Kier molecular flexibility index (Phi) is 5.71. The van der Waals surface area contributed by atoms with Gasteiger partial charge in [-0.15, -0.1) is 11.6 Å². The van der Waals surface area contributed by atoms with Crippen molar-refractivity contribution in [3.63, 3.8) is 0 Å². The maximum absolute atomic E-state index is 13.8. The van der Waals surface area contributed by atoms with E-state index in [2.05, 4.69) is 0 Å². The van der Waals surface area contributed by atoms with Gasteiger partial charge in [-0.2, -0.15) is 0 Å². The smallest absolute Gasteiger partial charge is 0.127 e. The summed E-state index contributed by atoms with van der Waals surface area (Å²) in [5, 5.41) is 1.14. The molecule has 0 N–H and O–H groups in total. The average molecular weight is 332 g/mol. The number of benzene rings is 2. The van der Waals surface area contributed by atoms with Crippen LogP contribution in [-0.2, 0) is 12.8 Å². The fraction of sp³-hybridized carbons (Fsp3) is 0.250. The Labute approximate surface area is 133 Å². The minimum atomic E-state index is -0.279. The Morgan fingerprint density at radius 2 is 1.75 bits per heavy atom. The Morgan fingerprint density at radius 1 is 1.00 bits per heavy atom. The van der Waals surface area contributed by atoms with E-state index in [-0.39, 0.29) is 11.7 Å². The fourth-order valence-electron chi connectivity index (χ4n) is 2.19. The summed E-state index contributed by atoms with van der Waals surface area (Å²) in [5.41, 5.74) is 1.62. The topological polar surface area (TPSA) is 0 Å². The van der Waals surface area contributed by atoms with Crippen LogP contribution in [0.15, 0.2) is 42.5 Å². The van der Waals surface area contributed by atoms with E-state index >= 15 is 0 Å². The molecule has 0 radical (unpaired) electrons. The van der Waals surface area contributed by atoms with Crippen LogP contribution in [0, 0.1) is 11.7 Å². The van der Waals surface area contributed by atoms with Gasteiger partial charge in [0.1, 0.15) is 5.82 Å². The summed E-state index contributed by atoms with van der Waals surface area (Å²) in [6.45, 7) is 0. The predicted octanol–water partition coefficient (Wildman–Crippen LogP) is 5.77. The molecule has 4 heteroatoms. The first-order valence-corrected chi connectivity index (χ1v) is 7.62. The molecule has 0 aliphatic carbocycles. The van der Waals surface area contributed by atoms with Crippen LogP contribution in [0.1, 0.15) is 11.1 Å². The number of alkyl halides is 1. The third-order valence-corrected chi connectivity index (χ3v) is 4.21. The monoisotopic (exact) mass is 330 g/mol. The lowest BCUT2D eigenvalue weighted by atomic mass is 9.94. The molecule has 0 aliphatic rings. The van der Waals surface area contributed by atoms with Crippen LogP contribution in [-0.4, -0.2) is 5.88 Å². The number of halogens is 4. The van der Waals surface area contributed by atoms with Crippen LogP contribution >= 0.6 is 34.8 Å². The van der Waals surface area contributed by atoms with Crippen LogP contribution in [0.25, 0.3) is 0 Å². The highest BCUT2D eigenvalue weighted by molar-refractivity contribution is 6.31. The molecule has 106 valence electrons. The van der Waals surface area contributed by atoms with E-state index in [1.54, 1.807) is 12.1 Å². The molecule has 0 nitrogen and oxygen atoms in total. The van der Waals surface area contributed by atoms with E-state index in [9.17, 15) is 4.39 Å². The maximum Gasteiger partial charge on any atom is 0.127 e. The van der Waals surface area contributed by atoms with Crippen molar-refractivity contribution in [2.24, 2.45) is 5.92 Å². The highest BCUT2D eigenvalue weighted by atomic mass is 35.5. The predicted molar refractivity (Wildman–Crippen MR) is 84.5 cm³/mol. The van der Waals surface area contributed by atoms with Crippen LogP contribution in [0.3, 0.4) is 0 Å². The summed E-state index contributed by atoms with van der Waals surface area (Å²) >= 11 is 18.0. The lowest BCUT2D eigenvalue weighted by Gasteiger charge is -2.15. The molecule has 0 saturated carbocycles. The highest BCUT2D eigenvalue weighted by Crippen LogP contribution is 2.25. The van der Waals surface area contributed by atoms with Crippen LogP contribution in [0.4, 0.5) is 4.39 Å². The average Bonchev–Trinajstić information content (AvgIpc) is 2.42. The van der Waals surface area contributed by atoms with Gasteiger partial charge in [-0.3, -0.25) is 0 Å². The lowest BCUT2D eigenvalue weighted by molar-refractivity contribution is 0.546. The second-order valence-electron chi connectivity index (χ2n) is 4.76. The van der Waals surface area contributed by atoms with Gasteiger partial charge in [0.15, 0.2) is 0 Å². The molecule has 0 bridgehead atoms. The van der Waals surface area contributed by atoms with Crippen molar-refractivity contribution in [3.8, 4) is 0 Å². The summed E-state index contributed by atoms with van der Waals surface area (Å²) in [6, 6.07) is 12.4. The zero-order valence-corrected chi connectivity index (χ0v) is 13.0. The molecule has 0 saturated heterocycles. The molecule has 0 amide bonds. The number of hydrogen-bond acceptors (Lipinski definition) is 0. The Balaban J connectivity index is 2.13. The number of rotatable bonds is 5. The quantitative estimate of drug-likeness (QED) is 0.610. The highest BCUT2D eigenvalue weighted by Gasteiger charge is 2.15. The third-order valence-electron chi connectivity index (χ3n) is 3.19. The molecule has 0 heterocycles. The van der Waals surface area contributed by atoms with Crippen LogP contribution in [0.5, 0.6) is 0 Å². The van der Waals surface area contributed by atoms with E-state index in [0.29, 0.717) is 27.9 Å². The minimum Gasteiger partial charge on any atom is -0.207 e. The molecule has 2 rings (SSSR count).